The summed E-state index contributed by atoms with van der Waals surface area (Å²) in [4.78, 5) is 27.1. The van der Waals surface area contributed by atoms with Gasteiger partial charge in [-0.1, -0.05) is 25.0 Å². The van der Waals surface area contributed by atoms with Gasteiger partial charge in [0, 0.05) is 55.5 Å². The monoisotopic (exact) mass is 678 g/mol. The summed E-state index contributed by atoms with van der Waals surface area (Å²) in [6.07, 6.45) is 7.95. The van der Waals surface area contributed by atoms with E-state index in [0.29, 0.717) is 68.3 Å². The van der Waals surface area contributed by atoms with E-state index in [1.807, 2.05) is 35.2 Å². The molecule has 4 aliphatic rings. The third-order valence-electron chi connectivity index (χ3n) is 9.95. The molecule has 1 N–H and O–H groups in total. The highest BCUT2D eigenvalue weighted by Gasteiger charge is 2.47. The third kappa shape index (κ3) is 6.73. The van der Waals surface area contributed by atoms with E-state index in [-0.39, 0.29) is 40.8 Å². The molecular weight excluding hydrogens is 641 g/mol. The van der Waals surface area contributed by atoms with Gasteiger partial charge in [0.2, 0.25) is 11.8 Å². The molecule has 7 rings (SSSR count). The summed E-state index contributed by atoms with van der Waals surface area (Å²) in [5.41, 5.74) is 3.04. The number of nitrogens with zero attached hydrogens (tertiary/aromatic N) is 5. The Hall–Kier alpha value is -3.96. The lowest BCUT2D eigenvalue weighted by Crippen LogP contribution is -2.42. The molecule has 2 atom stereocenters. The third-order valence-corrected chi connectivity index (χ3v) is 13.2. The van der Waals surface area contributed by atoms with Gasteiger partial charge in [-0.3, -0.25) is 9.78 Å². The topological polar surface area (TPSA) is 167 Å². The van der Waals surface area contributed by atoms with Crippen molar-refractivity contribution in [3.05, 3.63) is 48.5 Å². The second-order valence-electron chi connectivity index (χ2n) is 13.2. The summed E-state index contributed by atoms with van der Waals surface area (Å²) in [5, 5.41) is 12.6. The first-order valence-corrected chi connectivity index (χ1v) is 19.9. The molecule has 14 heteroatoms. The summed E-state index contributed by atoms with van der Waals surface area (Å²) in [6.45, 7) is 1.65. The van der Waals surface area contributed by atoms with E-state index in [9.17, 15) is 26.9 Å². The smallest absolute Gasteiger partial charge is 0.228 e. The van der Waals surface area contributed by atoms with Crippen LogP contribution in [0.3, 0.4) is 0 Å². The van der Waals surface area contributed by atoms with E-state index in [1.54, 1.807) is 12.4 Å². The number of hydrogen-bond acceptors (Lipinski definition) is 11. The molecule has 4 heterocycles. The predicted molar refractivity (Wildman–Crippen MR) is 177 cm³/mol. The van der Waals surface area contributed by atoms with Crippen molar-refractivity contribution >= 4 is 37.0 Å². The summed E-state index contributed by atoms with van der Waals surface area (Å²) in [7, 11) is -6.05. The molecule has 3 aromatic rings. The van der Waals surface area contributed by atoms with Crippen LogP contribution in [0.4, 0.5) is 11.4 Å². The molecule has 47 heavy (non-hydrogen) atoms. The Balaban J connectivity index is 1.23. The second-order valence-corrected chi connectivity index (χ2v) is 17.8. The summed E-state index contributed by atoms with van der Waals surface area (Å²) in [6, 6.07) is 12.0. The molecule has 2 aromatic heterocycles. The van der Waals surface area contributed by atoms with E-state index >= 15 is 0 Å². The number of anilines is 2. The highest BCUT2D eigenvalue weighted by Crippen LogP contribution is 2.45. The standard InChI is InChI=1S/C33H38N6O6S2/c34-22-33(9-10-33)37-31(40)28-4-2-1-3-27(28)30-29(23-5-7-25(8-6-23)38-11-15-46(41,42)16-12-38)36-32(45-30)24-19-26(21-35-20-24)39-13-17-47(43,44)18-14-39/h5-8,19-21,27-28H,1-4,9-18H2,(H,37,40)/t27-,28-/m1/s1. The molecule has 0 spiro atoms. The number of rotatable bonds is 7. The SMILES string of the molecule is N#CC1(NC(=O)[C@@H]2CCCC[C@H]2c2oc(-c3cncc(N4CCS(=O)(=O)CC4)c3)nc2-c2ccc(N3CCS(=O)(=O)CC3)cc2)CC1. The van der Waals surface area contributed by atoms with Gasteiger partial charge in [0.25, 0.3) is 0 Å². The number of sulfone groups is 2. The zero-order chi connectivity index (χ0) is 32.8. The first-order valence-electron chi connectivity index (χ1n) is 16.2. The maximum atomic E-state index is 13.6. The fourth-order valence-electron chi connectivity index (χ4n) is 6.88. The van der Waals surface area contributed by atoms with Crippen LogP contribution in [-0.4, -0.2) is 87.4 Å². The molecule has 1 amide bonds. The predicted octanol–water partition coefficient (Wildman–Crippen LogP) is 3.32. The first-order chi connectivity index (χ1) is 22.5. The van der Waals surface area contributed by atoms with Crippen molar-refractivity contribution in [3.8, 4) is 28.8 Å². The van der Waals surface area contributed by atoms with Gasteiger partial charge >= 0.3 is 0 Å². The van der Waals surface area contributed by atoms with Gasteiger partial charge in [0.05, 0.1) is 46.5 Å². The molecule has 0 unspecified atom stereocenters. The van der Waals surface area contributed by atoms with E-state index in [4.69, 9.17) is 9.40 Å². The molecule has 2 saturated heterocycles. The van der Waals surface area contributed by atoms with Crippen LogP contribution in [0.5, 0.6) is 0 Å². The van der Waals surface area contributed by atoms with Crippen molar-refractivity contribution in [2.45, 2.75) is 50.0 Å². The highest BCUT2D eigenvalue weighted by atomic mass is 32.2. The molecule has 12 nitrogen and oxygen atoms in total. The zero-order valence-corrected chi connectivity index (χ0v) is 27.7. The molecule has 0 bridgehead atoms. The average molecular weight is 679 g/mol. The largest absolute Gasteiger partial charge is 0.440 e. The van der Waals surface area contributed by atoms with E-state index in [1.165, 1.54) is 0 Å². The minimum absolute atomic E-state index is 0.0893. The lowest BCUT2D eigenvalue weighted by atomic mass is 9.76. The number of benzene rings is 1. The Bertz CT molecular complexity index is 1900. The lowest BCUT2D eigenvalue weighted by molar-refractivity contribution is -0.127. The zero-order valence-electron chi connectivity index (χ0n) is 26.1. The number of amides is 1. The molecule has 4 fully saturated rings. The van der Waals surface area contributed by atoms with E-state index < -0.39 is 25.2 Å². The van der Waals surface area contributed by atoms with Crippen LogP contribution in [-0.2, 0) is 24.5 Å². The molecule has 2 saturated carbocycles. The van der Waals surface area contributed by atoms with Crippen LogP contribution in [0.1, 0.15) is 50.2 Å². The van der Waals surface area contributed by atoms with Crippen molar-refractivity contribution in [2.75, 3.05) is 59.0 Å². The van der Waals surface area contributed by atoms with Crippen LogP contribution >= 0.6 is 0 Å². The van der Waals surface area contributed by atoms with Gasteiger partial charge in [-0.15, -0.1) is 0 Å². The average Bonchev–Trinajstić information content (AvgIpc) is 3.71. The number of pyridine rings is 1. The van der Waals surface area contributed by atoms with E-state index in [0.717, 1.165) is 36.2 Å². The number of aromatic nitrogens is 2. The fourth-order valence-corrected chi connectivity index (χ4v) is 9.28. The molecule has 0 radical (unpaired) electrons. The Labute approximate surface area is 275 Å². The minimum atomic E-state index is -3.04. The summed E-state index contributed by atoms with van der Waals surface area (Å²) < 4.78 is 54.5. The molecule has 2 aliphatic carbocycles. The highest BCUT2D eigenvalue weighted by molar-refractivity contribution is 7.91. The van der Waals surface area contributed by atoms with Gasteiger partial charge in [-0.05, 0) is 43.9 Å². The lowest BCUT2D eigenvalue weighted by Gasteiger charge is -2.30. The molecule has 1 aromatic carbocycles. The summed E-state index contributed by atoms with van der Waals surface area (Å²) >= 11 is 0. The number of carbonyl (C=O) groups excluding carboxylic acids is 1. The quantitative estimate of drug-likeness (QED) is 0.390. The number of carbonyl (C=O) groups is 1. The Morgan fingerprint density at radius 3 is 2.11 bits per heavy atom. The maximum Gasteiger partial charge on any atom is 0.228 e. The molecular formula is C33H38N6O6S2. The summed E-state index contributed by atoms with van der Waals surface area (Å²) in [5.74, 6) is 0.671. The van der Waals surface area contributed by atoms with Gasteiger partial charge in [-0.25, -0.2) is 21.8 Å². The van der Waals surface area contributed by atoms with Crippen LogP contribution < -0.4 is 15.1 Å². The van der Waals surface area contributed by atoms with Crippen LogP contribution in [0.25, 0.3) is 22.7 Å². The van der Waals surface area contributed by atoms with Gasteiger partial charge in [0.15, 0.2) is 19.7 Å². The molecule has 248 valence electrons. The minimum Gasteiger partial charge on any atom is -0.440 e. The number of hydrogen-bond donors (Lipinski definition) is 1. The van der Waals surface area contributed by atoms with Crippen molar-refractivity contribution in [1.82, 2.24) is 15.3 Å². The fraction of sp³-hybridized carbons (Fsp3) is 0.515. The Morgan fingerprint density at radius 2 is 1.49 bits per heavy atom. The van der Waals surface area contributed by atoms with E-state index in [2.05, 4.69) is 21.3 Å². The molecule has 2 aliphatic heterocycles. The maximum absolute atomic E-state index is 13.6. The number of nitrogens with one attached hydrogen (secondary N) is 1. The van der Waals surface area contributed by atoms with Crippen molar-refractivity contribution in [2.24, 2.45) is 5.92 Å². The van der Waals surface area contributed by atoms with Crippen molar-refractivity contribution in [3.63, 3.8) is 0 Å². The first kappa shape index (κ1) is 31.6. The Kier molecular flexibility index (Phi) is 8.24. The van der Waals surface area contributed by atoms with Gasteiger partial charge in [0.1, 0.15) is 17.0 Å². The van der Waals surface area contributed by atoms with Gasteiger partial charge in [-0.2, -0.15) is 5.26 Å². The van der Waals surface area contributed by atoms with Crippen molar-refractivity contribution < 1.29 is 26.0 Å². The van der Waals surface area contributed by atoms with Crippen LogP contribution in [0.15, 0.2) is 47.1 Å². The van der Waals surface area contributed by atoms with Crippen LogP contribution in [0, 0.1) is 17.2 Å². The number of nitriles is 1. The Morgan fingerprint density at radius 1 is 0.872 bits per heavy atom. The van der Waals surface area contributed by atoms with Gasteiger partial charge < -0.3 is 19.5 Å². The number of oxazole rings is 1. The van der Waals surface area contributed by atoms with Crippen molar-refractivity contribution in [1.29, 1.82) is 5.26 Å². The normalized spacial score (nSPS) is 24.7. The van der Waals surface area contributed by atoms with Crippen LogP contribution in [0.2, 0.25) is 0 Å². The second kappa shape index (κ2) is 12.2.